The Kier molecular flexibility index (Phi) is 5.59. The first-order valence-electron chi connectivity index (χ1n) is 6.88. The Hall–Kier alpha value is -2.54. The van der Waals surface area contributed by atoms with Crippen molar-refractivity contribution >= 4 is 23.5 Å². The van der Waals surface area contributed by atoms with E-state index >= 15 is 0 Å². The molecule has 0 unspecified atom stereocenters. The molecule has 0 bridgehead atoms. The molecular formula is C15H17ClN4O3. The molecule has 1 aromatic carbocycles. The van der Waals surface area contributed by atoms with Crippen LogP contribution >= 0.6 is 11.6 Å². The fraction of sp³-hybridized carbons (Fsp3) is 0.267. The molecule has 0 atom stereocenters. The predicted molar refractivity (Wildman–Crippen MR) is 89.8 cm³/mol. The van der Waals surface area contributed by atoms with E-state index in [1.54, 1.807) is 19.4 Å². The van der Waals surface area contributed by atoms with Crippen LogP contribution in [0.25, 0.3) is 0 Å². The molecule has 0 spiro atoms. The van der Waals surface area contributed by atoms with Gasteiger partial charge in [0.1, 0.15) is 10.7 Å². The molecular weight excluding hydrogens is 320 g/mol. The summed E-state index contributed by atoms with van der Waals surface area (Å²) in [6.07, 6.45) is 2.91. The van der Waals surface area contributed by atoms with Gasteiger partial charge >= 0.3 is 0 Å². The van der Waals surface area contributed by atoms with Gasteiger partial charge in [-0.3, -0.25) is 10.2 Å². The van der Waals surface area contributed by atoms with Crippen molar-refractivity contribution in [2.45, 2.75) is 20.0 Å². The molecule has 7 nitrogen and oxygen atoms in total. The molecule has 1 heterocycles. The first-order valence-corrected chi connectivity index (χ1v) is 7.26. The third kappa shape index (κ3) is 4.23. The molecule has 23 heavy (non-hydrogen) atoms. The van der Waals surface area contributed by atoms with Crippen LogP contribution in [0.3, 0.4) is 0 Å². The monoisotopic (exact) mass is 336 g/mol. The normalized spacial score (nSPS) is 11.0. The summed E-state index contributed by atoms with van der Waals surface area (Å²) in [5, 5.41) is 9.94. The van der Waals surface area contributed by atoms with Crippen molar-refractivity contribution in [1.29, 1.82) is 0 Å². The highest BCUT2D eigenvalue weighted by Gasteiger charge is 2.11. The lowest BCUT2D eigenvalue weighted by Gasteiger charge is -2.15. The number of benzene rings is 1. The van der Waals surface area contributed by atoms with E-state index in [9.17, 15) is 4.79 Å². The number of anilines is 1. The molecule has 0 aliphatic carbocycles. The van der Waals surface area contributed by atoms with Gasteiger partial charge in [0.15, 0.2) is 11.5 Å². The molecule has 0 saturated carbocycles. The Labute approximate surface area is 138 Å². The highest BCUT2D eigenvalue weighted by molar-refractivity contribution is 6.32. The summed E-state index contributed by atoms with van der Waals surface area (Å²) in [6, 6.07) is 5.47. The number of hydrogen-bond donors (Lipinski definition) is 2. The van der Waals surface area contributed by atoms with Gasteiger partial charge in [0.05, 0.1) is 25.6 Å². The number of methoxy groups -OCH3 is 1. The molecule has 2 aromatic rings. The number of nitrogens with zero attached hydrogens (tertiary/aromatic N) is 2. The Balaban J connectivity index is 2.25. The predicted octanol–water partition coefficient (Wildman–Crippen LogP) is 2.67. The van der Waals surface area contributed by atoms with E-state index in [0.29, 0.717) is 17.2 Å². The highest BCUT2D eigenvalue weighted by atomic mass is 35.5. The second kappa shape index (κ2) is 7.64. The van der Waals surface area contributed by atoms with Crippen LogP contribution in [0.1, 0.15) is 19.4 Å². The molecule has 122 valence electrons. The highest BCUT2D eigenvalue weighted by Crippen LogP contribution is 2.31. The van der Waals surface area contributed by atoms with Crippen LogP contribution in [-0.4, -0.2) is 29.6 Å². The van der Waals surface area contributed by atoms with E-state index in [1.165, 1.54) is 6.20 Å². The molecule has 0 fully saturated rings. The maximum atomic E-state index is 11.4. The molecule has 2 rings (SSSR count). The first kappa shape index (κ1) is 16.8. The fourth-order valence-corrected chi connectivity index (χ4v) is 1.92. The molecule has 0 aliphatic heterocycles. The first-order chi connectivity index (χ1) is 11.0. The number of aromatic nitrogens is 2. The van der Waals surface area contributed by atoms with Crippen molar-refractivity contribution in [3.63, 3.8) is 0 Å². The van der Waals surface area contributed by atoms with Gasteiger partial charge in [-0.05, 0) is 26.0 Å². The number of hydrogen-bond acceptors (Lipinski definition) is 6. The van der Waals surface area contributed by atoms with E-state index in [-0.39, 0.29) is 11.1 Å². The largest absolute Gasteiger partial charge is 0.493 e. The van der Waals surface area contributed by atoms with Gasteiger partial charge in [0, 0.05) is 5.56 Å². The number of ether oxygens (including phenoxy) is 2. The molecule has 0 saturated heterocycles. The molecule has 0 amide bonds. The number of rotatable bonds is 6. The Bertz CT molecular complexity index is 759. The minimum absolute atomic E-state index is 0.0125. The number of para-hydroxylation sites is 1. The van der Waals surface area contributed by atoms with E-state index in [1.807, 2.05) is 26.0 Å². The number of aromatic amines is 1. The van der Waals surface area contributed by atoms with E-state index in [4.69, 9.17) is 21.1 Å². The van der Waals surface area contributed by atoms with Crippen molar-refractivity contribution < 1.29 is 9.47 Å². The number of nitrogens with one attached hydrogen (secondary N) is 2. The number of halogens is 1. The minimum atomic E-state index is -0.489. The Morgan fingerprint density at radius 1 is 1.43 bits per heavy atom. The fourth-order valence-electron chi connectivity index (χ4n) is 1.79. The lowest BCUT2D eigenvalue weighted by Crippen LogP contribution is -2.10. The second-order valence-electron chi connectivity index (χ2n) is 4.84. The smallest absolute Gasteiger partial charge is 0.285 e. The minimum Gasteiger partial charge on any atom is -0.493 e. The maximum absolute atomic E-state index is 11.4. The molecule has 0 radical (unpaired) electrons. The summed E-state index contributed by atoms with van der Waals surface area (Å²) >= 11 is 5.86. The standard InChI is InChI=1S/C15H17ClN4O3/c1-9(2)23-14-10(5-4-6-12(14)22-3)7-17-19-11-8-18-20-15(21)13(11)16/h4-9H,1-3H3,(H2,19,20,21)/b17-7-. The van der Waals surface area contributed by atoms with Crippen LogP contribution in [0, 0.1) is 0 Å². The zero-order valence-corrected chi connectivity index (χ0v) is 13.7. The van der Waals surface area contributed by atoms with Crippen molar-refractivity contribution in [2.75, 3.05) is 12.5 Å². The van der Waals surface area contributed by atoms with Crippen LogP contribution in [0.4, 0.5) is 5.69 Å². The summed E-state index contributed by atoms with van der Waals surface area (Å²) in [4.78, 5) is 11.4. The van der Waals surface area contributed by atoms with Gasteiger partial charge in [-0.25, -0.2) is 5.10 Å². The van der Waals surface area contributed by atoms with Crippen LogP contribution in [-0.2, 0) is 0 Å². The molecule has 8 heteroatoms. The van der Waals surface area contributed by atoms with Crippen molar-refractivity contribution in [3.8, 4) is 11.5 Å². The van der Waals surface area contributed by atoms with Gasteiger partial charge in [0.25, 0.3) is 5.56 Å². The lowest BCUT2D eigenvalue weighted by atomic mass is 10.2. The van der Waals surface area contributed by atoms with Gasteiger partial charge in [0.2, 0.25) is 0 Å². The Morgan fingerprint density at radius 3 is 2.91 bits per heavy atom. The zero-order valence-electron chi connectivity index (χ0n) is 13.0. The van der Waals surface area contributed by atoms with Crippen molar-refractivity contribution in [2.24, 2.45) is 5.10 Å². The quantitative estimate of drug-likeness (QED) is 0.625. The third-order valence-corrected chi connectivity index (χ3v) is 3.14. The summed E-state index contributed by atoms with van der Waals surface area (Å²) in [6.45, 7) is 3.85. The van der Waals surface area contributed by atoms with Crippen LogP contribution < -0.4 is 20.5 Å². The summed E-state index contributed by atoms with van der Waals surface area (Å²) in [7, 11) is 1.57. The van der Waals surface area contributed by atoms with Gasteiger partial charge < -0.3 is 9.47 Å². The molecule has 1 aromatic heterocycles. The van der Waals surface area contributed by atoms with Gasteiger partial charge in [-0.1, -0.05) is 17.7 Å². The summed E-state index contributed by atoms with van der Waals surface area (Å²) < 4.78 is 11.1. The van der Waals surface area contributed by atoms with E-state index < -0.39 is 5.56 Å². The average Bonchev–Trinajstić information content (AvgIpc) is 2.52. The summed E-state index contributed by atoms with van der Waals surface area (Å²) in [5.74, 6) is 1.20. The molecule has 0 aliphatic rings. The summed E-state index contributed by atoms with van der Waals surface area (Å²) in [5.41, 5.74) is 3.22. The van der Waals surface area contributed by atoms with Crippen LogP contribution in [0.2, 0.25) is 5.02 Å². The van der Waals surface area contributed by atoms with Gasteiger partial charge in [-0.2, -0.15) is 10.2 Å². The van der Waals surface area contributed by atoms with Crippen molar-refractivity contribution in [1.82, 2.24) is 10.2 Å². The molecule has 2 N–H and O–H groups in total. The topological polar surface area (TPSA) is 88.6 Å². The van der Waals surface area contributed by atoms with Crippen molar-refractivity contribution in [3.05, 3.63) is 45.3 Å². The zero-order chi connectivity index (χ0) is 16.8. The maximum Gasteiger partial charge on any atom is 0.285 e. The third-order valence-electron chi connectivity index (χ3n) is 2.77. The van der Waals surface area contributed by atoms with Crippen LogP contribution in [0.15, 0.2) is 34.3 Å². The van der Waals surface area contributed by atoms with E-state index in [2.05, 4.69) is 20.7 Å². The number of H-pyrrole nitrogens is 1. The Morgan fingerprint density at radius 2 is 2.22 bits per heavy atom. The lowest BCUT2D eigenvalue weighted by molar-refractivity contribution is 0.230. The van der Waals surface area contributed by atoms with Gasteiger partial charge in [-0.15, -0.1) is 0 Å². The second-order valence-corrected chi connectivity index (χ2v) is 5.22. The number of hydrazone groups is 1. The average molecular weight is 337 g/mol. The van der Waals surface area contributed by atoms with E-state index in [0.717, 1.165) is 5.56 Å². The SMILES string of the molecule is COc1cccc(/C=N\Nc2cn[nH]c(=O)c2Cl)c1OC(C)C. The van der Waals surface area contributed by atoms with Crippen LogP contribution in [0.5, 0.6) is 11.5 Å².